The Morgan fingerprint density at radius 1 is 1.15 bits per heavy atom. The molecule has 0 amide bonds. The predicted octanol–water partition coefficient (Wildman–Crippen LogP) is 2.28. The van der Waals surface area contributed by atoms with E-state index in [1.165, 1.54) is 12.3 Å². The van der Waals surface area contributed by atoms with Crippen LogP contribution in [0, 0.1) is 13.8 Å². The molecule has 27 heavy (non-hydrogen) atoms. The third-order valence-corrected chi connectivity index (χ3v) is 4.56. The molecule has 8 nitrogen and oxygen atoms in total. The fourth-order valence-corrected chi connectivity index (χ4v) is 3.04. The number of hydrogen-bond donors (Lipinski definition) is 1. The molecule has 3 heterocycles. The zero-order valence-electron chi connectivity index (χ0n) is 15.2. The number of aryl methyl sites for hydroxylation is 3. The largest absolute Gasteiger partial charge is 0.768 e. The van der Waals surface area contributed by atoms with Crippen LogP contribution in [-0.4, -0.2) is 33.3 Å². The molecule has 1 aromatic carbocycles. The van der Waals surface area contributed by atoms with Gasteiger partial charge in [0.15, 0.2) is 5.82 Å². The lowest BCUT2D eigenvalue weighted by Crippen LogP contribution is -2.02. The molecule has 0 aliphatic carbocycles. The van der Waals surface area contributed by atoms with Crippen LogP contribution >= 0.6 is 0 Å². The fraction of sp³-hybridized carbons (Fsp3) is 0.167. The Hall–Kier alpha value is -3.04. The average molecular weight is 383 g/mol. The summed E-state index contributed by atoms with van der Waals surface area (Å²) in [4.78, 5) is 4.22. The van der Waals surface area contributed by atoms with Gasteiger partial charge < -0.3 is 10.3 Å². The maximum atomic E-state index is 10.7. The molecule has 0 saturated carbocycles. The number of nitrogens with two attached hydrogens (primary N) is 1. The first kappa shape index (κ1) is 18.7. The maximum Gasteiger partial charge on any atom is 0.153 e. The van der Waals surface area contributed by atoms with Gasteiger partial charge in [-0.25, -0.2) is 9.67 Å². The number of rotatable bonds is 2. The number of anilines is 1. The van der Waals surface area contributed by atoms with E-state index in [1.807, 2.05) is 51.4 Å². The first-order chi connectivity index (χ1) is 12.9. The fourth-order valence-electron chi connectivity index (χ4n) is 2.72. The highest BCUT2D eigenvalue weighted by molar-refractivity contribution is 7.79. The number of para-hydroxylation sites is 1. The van der Waals surface area contributed by atoms with Crippen LogP contribution in [-0.2, 0) is 18.1 Å². The maximum absolute atomic E-state index is 10.7. The summed E-state index contributed by atoms with van der Waals surface area (Å²) in [5.41, 5.74) is 9.39. The third kappa shape index (κ3) is 4.04. The molecule has 0 spiro atoms. The summed E-state index contributed by atoms with van der Waals surface area (Å²) >= 11 is -2.24. The van der Waals surface area contributed by atoms with E-state index >= 15 is 0 Å². The van der Waals surface area contributed by atoms with Gasteiger partial charge in [0.25, 0.3) is 0 Å². The van der Waals surface area contributed by atoms with Crippen molar-refractivity contribution in [1.29, 1.82) is 0 Å². The second-order valence-electron chi connectivity index (χ2n) is 5.98. The second-order valence-corrected chi connectivity index (χ2v) is 6.92. The molecular formula is C18H19N6O2S-. The SMILES string of the molecule is Cc1cc(C)n(-c2ccc(S(=O)[O-])cn2)n1.Cn1ncc2cccc(N)c21. The lowest BCUT2D eigenvalue weighted by Gasteiger charge is -2.06. The minimum absolute atomic E-state index is 0.172. The number of fused-ring (bicyclic) bond motifs is 1. The number of nitrogens with zero attached hydrogens (tertiary/aromatic N) is 5. The van der Waals surface area contributed by atoms with Crippen LogP contribution in [0.1, 0.15) is 11.4 Å². The van der Waals surface area contributed by atoms with E-state index in [9.17, 15) is 8.76 Å². The van der Waals surface area contributed by atoms with Crippen molar-refractivity contribution in [2.75, 3.05) is 5.73 Å². The minimum atomic E-state index is -2.24. The van der Waals surface area contributed by atoms with Crippen LogP contribution in [0.5, 0.6) is 0 Å². The van der Waals surface area contributed by atoms with Crippen LogP contribution in [0.3, 0.4) is 0 Å². The molecule has 1 unspecified atom stereocenters. The van der Waals surface area contributed by atoms with Crippen LogP contribution in [0.4, 0.5) is 5.69 Å². The van der Waals surface area contributed by atoms with Crippen LogP contribution in [0.25, 0.3) is 16.7 Å². The molecular weight excluding hydrogens is 364 g/mol. The first-order valence-electron chi connectivity index (χ1n) is 8.12. The molecule has 0 radical (unpaired) electrons. The van der Waals surface area contributed by atoms with Crippen LogP contribution in [0.2, 0.25) is 0 Å². The summed E-state index contributed by atoms with van der Waals surface area (Å²) in [5.74, 6) is 0.611. The normalized spacial score (nSPS) is 11.9. The van der Waals surface area contributed by atoms with Gasteiger partial charge in [-0.1, -0.05) is 12.1 Å². The van der Waals surface area contributed by atoms with Crippen molar-refractivity contribution < 1.29 is 8.76 Å². The van der Waals surface area contributed by atoms with Crippen molar-refractivity contribution in [2.24, 2.45) is 7.05 Å². The lowest BCUT2D eigenvalue weighted by atomic mass is 10.2. The zero-order valence-corrected chi connectivity index (χ0v) is 16.0. The van der Waals surface area contributed by atoms with E-state index in [0.29, 0.717) is 5.82 Å². The molecule has 2 N–H and O–H groups in total. The number of nitrogen functional groups attached to an aromatic ring is 1. The standard InChI is InChI=1S/C10H11N3O2S.C8H9N3/c1-7-5-8(2)13(12-7)10-4-3-9(6-11-10)16(14)15;1-11-8-6(5-10-11)3-2-4-7(8)9/h3-6H,1-2H3,(H,14,15);2-5H,9H2,1H3/p-1. The summed E-state index contributed by atoms with van der Waals surface area (Å²) < 4.78 is 24.8. The van der Waals surface area contributed by atoms with Gasteiger partial charge in [0.05, 0.1) is 23.1 Å². The number of aromatic nitrogens is 5. The molecule has 3 aromatic heterocycles. The van der Waals surface area contributed by atoms with Crippen LogP contribution in [0.15, 0.2) is 53.7 Å². The van der Waals surface area contributed by atoms with Crippen molar-refractivity contribution in [3.05, 3.63) is 60.2 Å². The Bertz CT molecular complexity index is 1100. The van der Waals surface area contributed by atoms with Crippen LogP contribution < -0.4 is 5.73 Å². The van der Waals surface area contributed by atoms with Gasteiger partial charge in [0, 0.05) is 29.2 Å². The molecule has 1 atom stereocenters. The third-order valence-electron chi connectivity index (χ3n) is 3.93. The highest BCUT2D eigenvalue weighted by atomic mass is 32.2. The average Bonchev–Trinajstić information content (AvgIpc) is 3.18. The Morgan fingerprint density at radius 3 is 2.48 bits per heavy atom. The van der Waals surface area contributed by atoms with E-state index in [4.69, 9.17) is 5.73 Å². The Morgan fingerprint density at radius 2 is 1.93 bits per heavy atom. The molecule has 0 saturated heterocycles. The highest BCUT2D eigenvalue weighted by Gasteiger charge is 2.04. The Labute approximate surface area is 158 Å². The molecule has 4 aromatic rings. The van der Waals surface area contributed by atoms with Crippen molar-refractivity contribution in [2.45, 2.75) is 18.7 Å². The molecule has 140 valence electrons. The summed E-state index contributed by atoms with van der Waals surface area (Å²) in [6.45, 7) is 3.81. The summed E-state index contributed by atoms with van der Waals surface area (Å²) in [6.07, 6.45) is 3.13. The van der Waals surface area contributed by atoms with Gasteiger partial charge >= 0.3 is 0 Å². The van der Waals surface area contributed by atoms with E-state index in [0.717, 1.165) is 28.0 Å². The molecule has 0 fully saturated rings. The van der Waals surface area contributed by atoms with E-state index in [-0.39, 0.29) is 4.90 Å². The Balaban J connectivity index is 0.000000166. The van der Waals surface area contributed by atoms with Crippen molar-refractivity contribution in [3.8, 4) is 5.82 Å². The quantitative estimate of drug-likeness (QED) is 0.419. The zero-order chi connectivity index (χ0) is 19.6. The predicted molar refractivity (Wildman–Crippen MR) is 103 cm³/mol. The molecule has 0 bridgehead atoms. The monoisotopic (exact) mass is 383 g/mol. The summed E-state index contributed by atoms with van der Waals surface area (Å²) in [5, 5.41) is 9.44. The minimum Gasteiger partial charge on any atom is -0.768 e. The molecule has 9 heteroatoms. The smallest absolute Gasteiger partial charge is 0.153 e. The van der Waals surface area contributed by atoms with Gasteiger partial charge in [0.1, 0.15) is 0 Å². The summed E-state index contributed by atoms with van der Waals surface area (Å²) in [7, 11) is 1.89. The van der Waals surface area contributed by atoms with Gasteiger partial charge in [-0.15, -0.1) is 0 Å². The van der Waals surface area contributed by atoms with Gasteiger partial charge in [-0.2, -0.15) is 10.2 Å². The first-order valence-corrected chi connectivity index (χ1v) is 9.19. The van der Waals surface area contributed by atoms with Crippen molar-refractivity contribution in [1.82, 2.24) is 24.5 Å². The van der Waals surface area contributed by atoms with Crippen molar-refractivity contribution in [3.63, 3.8) is 0 Å². The highest BCUT2D eigenvalue weighted by Crippen LogP contribution is 2.18. The Kier molecular flexibility index (Phi) is 5.33. The van der Waals surface area contributed by atoms with Gasteiger partial charge in [-0.3, -0.25) is 8.89 Å². The van der Waals surface area contributed by atoms with E-state index in [1.54, 1.807) is 15.4 Å². The number of pyridine rings is 1. The molecule has 4 rings (SSSR count). The number of benzene rings is 1. The second kappa shape index (κ2) is 7.68. The lowest BCUT2D eigenvalue weighted by molar-refractivity contribution is 0.536. The van der Waals surface area contributed by atoms with Gasteiger partial charge in [-0.05, 0) is 49.2 Å². The molecule has 0 aliphatic heterocycles. The van der Waals surface area contributed by atoms with Gasteiger partial charge in [0.2, 0.25) is 0 Å². The van der Waals surface area contributed by atoms with Crippen molar-refractivity contribution >= 4 is 27.7 Å². The van der Waals surface area contributed by atoms with E-state index < -0.39 is 11.1 Å². The van der Waals surface area contributed by atoms with E-state index in [2.05, 4.69) is 15.2 Å². The molecule has 0 aliphatic rings. The number of hydrogen-bond acceptors (Lipinski definition) is 6. The topological polar surface area (TPSA) is 115 Å². The summed E-state index contributed by atoms with van der Waals surface area (Å²) in [6, 6.07) is 10.9.